The molecule has 0 N–H and O–H groups in total. The van der Waals surface area contributed by atoms with Crippen LogP contribution < -0.4 is 0 Å². The van der Waals surface area contributed by atoms with E-state index in [1.54, 1.807) is 0 Å². The maximum absolute atomic E-state index is 13.5. The molecule has 0 bridgehead atoms. The van der Waals surface area contributed by atoms with Crippen molar-refractivity contribution in [1.82, 2.24) is 9.80 Å². The van der Waals surface area contributed by atoms with Crippen LogP contribution in [0, 0.1) is 13.8 Å². The molecule has 2 fully saturated rings. The van der Waals surface area contributed by atoms with Gasteiger partial charge in [0.05, 0.1) is 12.0 Å². The lowest BCUT2D eigenvalue weighted by atomic mass is 9.95. The van der Waals surface area contributed by atoms with Crippen LogP contribution >= 0.6 is 11.8 Å². The van der Waals surface area contributed by atoms with Crippen molar-refractivity contribution in [2.75, 3.05) is 37.7 Å². The first-order valence-corrected chi connectivity index (χ1v) is 11.4. The molecule has 0 saturated carbocycles. The van der Waals surface area contributed by atoms with E-state index in [1.807, 2.05) is 24.8 Å². The molecule has 1 aliphatic carbocycles. The van der Waals surface area contributed by atoms with Crippen molar-refractivity contribution in [2.45, 2.75) is 51.5 Å². The van der Waals surface area contributed by atoms with E-state index in [0.717, 1.165) is 54.4 Å². The van der Waals surface area contributed by atoms with Crippen LogP contribution in [0.15, 0.2) is 12.1 Å². The SMILES string of the molecule is Cc1cc2c(cc1C)C(C(=O)N1CCSCC1CN1CCCCC1)CC2=O. The summed E-state index contributed by atoms with van der Waals surface area (Å²) in [7, 11) is 0. The molecule has 2 unspecified atom stereocenters. The maximum Gasteiger partial charge on any atom is 0.230 e. The third-order valence-electron chi connectivity index (χ3n) is 6.46. The Morgan fingerprint density at radius 2 is 1.85 bits per heavy atom. The first-order valence-electron chi connectivity index (χ1n) is 10.3. The van der Waals surface area contributed by atoms with Crippen LogP contribution in [0.4, 0.5) is 0 Å². The number of aryl methyl sites for hydroxylation is 2. The Morgan fingerprint density at radius 1 is 1.11 bits per heavy atom. The molecule has 1 amide bonds. The summed E-state index contributed by atoms with van der Waals surface area (Å²) in [5, 5.41) is 0. The van der Waals surface area contributed by atoms with Crippen LogP contribution in [0.2, 0.25) is 0 Å². The summed E-state index contributed by atoms with van der Waals surface area (Å²) in [5.74, 6) is 2.04. The van der Waals surface area contributed by atoms with Crippen molar-refractivity contribution in [1.29, 1.82) is 0 Å². The van der Waals surface area contributed by atoms with E-state index in [1.165, 1.54) is 24.8 Å². The van der Waals surface area contributed by atoms with Gasteiger partial charge >= 0.3 is 0 Å². The second-order valence-corrected chi connectivity index (χ2v) is 9.48. The van der Waals surface area contributed by atoms with Crippen LogP contribution in [0.3, 0.4) is 0 Å². The van der Waals surface area contributed by atoms with E-state index in [-0.39, 0.29) is 23.7 Å². The molecule has 5 heteroatoms. The van der Waals surface area contributed by atoms with Crippen LogP contribution in [0.1, 0.15) is 58.6 Å². The Balaban J connectivity index is 1.54. The van der Waals surface area contributed by atoms with Gasteiger partial charge in [0.2, 0.25) is 5.91 Å². The van der Waals surface area contributed by atoms with Crippen molar-refractivity contribution in [3.05, 3.63) is 34.4 Å². The quantitative estimate of drug-likeness (QED) is 0.798. The molecular formula is C22H30N2O2S. The molecule has 2 saturated heterocycles. The molecule has 0 aromatic heterocycles. The van der Waals surface area contributed by atoms with E-state index in [2.05, 4.69) is 22.8 Å². The largest absolute Gasteiger partial charge is 0.336 e. The number of likely N-dealkylation sites (tertiary alicyclic amines) is 1. The topological polar surface area (TPSA) is 40.6 Å². The highest BCUT2D eigenvalue weighted by Crippen LogP contribution is 2.37. The summed E-state index contributed by atoms with van der Waals surface area (Å²) in [6, 6.07) is 4.34. The second-order valence-electron chi connectivity index (χ2n) is 8.33. The summed E-state index contributed by atoms with van der Waals surface area (Å²) in [6.45, 7) is 8.22. The molecule has 3 aliphatic rings. The third-order valence-corrected chi connectivity index (χ3v) is 7.55. The van der Waals surface area contributed by atoms with Gasteiger partial charge in [0.1, 0.15) is 0 Å². The Hall–Kier alpha value is -1.33. The van der Waals surface area contributed by atoms with E-state index in [4.69, 9.17) is 0 Å². The van der Waals surface area contributed by atoms with Crippen LogP contribution in [0.25, 0.3) is 0 Å². The fraction of sp³-hybridized carbons (Fsp3) is 0.636. The Labute approximate surface area is 166 Å². The molecule has 2 atom stereocenters. The summed E-state index contributed by atoms with van der Waals surface area (Å²) in [5.41, 5.74) is 4.03. The number of piperidine rings is 1. The van der Waals surface area contributed by atoms with E-state index >= 15 is 0 Å². The number of hydrogen-bond acceptors (Lipinski definition) is 4. The number of carbonyl (C=O) groups excluding carboxylic acids is 2. The smallest absolute Gasteiger partial charge is 0.230 e. The number of benzene rings is 1. The third kappa shape index (κ3) is 3.81. The predicted octanol–water partition coefficient (Wildman–Crippen LogP) is 3.40. The number of amides is 1. The number of hydrogen-bond donors (Lipinski definition) is 0. The van der Waals surface area contributed by atoms with Crippen LogP contribution in [-0.2, 0) is 4.79 Å². The molecule has 4 nitrogen and oxygen atoms in total. The molecule has 2 aliphatic heterocycles. The van der Waals surface area contributed by atoms with Gasteiger partial charge in [-0.25, -0.2) is 0 Å². The fourth-order valence-corrected chi connectivity index (χ4v) is 5.78. The van der Waals surface area contributed by atoms with E-state index < -0.39 is 0 Å². The predicted molar refractivity (Wildman–Crippen MR) is 111 cm³/mol. The fourth-order valence-electron chi connectivity index (χ4n) is 4.73. The average molecular weight is 387 g/mol. The minimum absolute atomic E-state index is 0.130. The minimum Gasteiger partial charge on any atom is -0.336 e. The summed E-state index contributed by atoms with van der Waals surface area (Å²) >= 11 is 1.96. The number of Topliss-reactive ketones (excluding diaryl/α,β-unsaturated/α-hetero) is 1. The van der Waals surface area contributed by atoms with Gasteiger partial charge in [0, 0.05) is 36.6 Å². The molecule has 4 rings (SSSR count). The number of nitrogens with zero attached hydrogens (tertiary/aromatic N) is 2. The standard InChI is InChI=1S/C22H30N2O2S/c1-15-10-18-19(11-16(15)2)21(25)12-20(18)22(26)24-8-9-27-14-17(24)13-23-6-4-3-5-7-23/h10-11,17,20H,3-9,12-14H2,1-2H3. The highest BCUT2D eigenvalue weighted by Gasteiger charge is 2.39. The molecule has 27 heavy (non-hydrogen) atoms. The average Bonchev–Trinajstić information content (AvgIpc) is 2.99. The second kappa shape index (κ2) is 7.96. The molecule has 1 aromatic carbocycles. The lowest BCUT2D eigenvalue weighted by Gasteiger charge is -2.40. The minimum atomic E-state index is -0.279. The van der Waals surface area contributed by atoms with Crippen molar-refractivity contribution in [3.63, 3.8) is 0 Å². The first kappa shape index (κ1) is 19.0. The Bertz CT molecular complexity index is 742. The monoisotopic (exact) mass is 386 g/mol. The highest BCUT2D eigenvalue weighted by molar-refractivity contribution is 7.99. The van der Waals surface area contributed by atoms with Crippen LogP contribution in [0.5, 0.6) is 0 Å². The van der Waals surface area contributed by atoms with Gasteiger partial charge in [0.25, 0.3) is 0 Å². The maximum atomic E-state index is 13.5. The van der Waals surface area contributed by atoms with Gasteiger partial charge < -0.3 is 9.80 Å². The number of rotatable bonds is 3. The van der Waals surface area contributed by atoms with Crippen molar-refractivity contribution >= 4 is 23.5 Å². The van der Waals surface area contributed by atoms with Crippen molar-refractivity contribution < 1.29 is 9.59 Å². The number of ketones is 1. The summed E-state index contributed by atoms with van der Waals surface area (Å²) in [6.07, 6.45) is 4.23. The zero-order chi connectivity index (χ0) is 19.0. The lowest BCUT2D eigenvalue weighted by molar-refractivity contribution is -0.135. The first-order chi connectivity index (χ1) is 13.0. The lowest BCUT2D eigenvalue weighted by Crippen LogP contribution is -2.53. The van der Waals surface area contributed by atoms with Gasteiger partial charge in [-0.1, -0.05) is 12.5 Å². The molecule has 1 aromatic rings. The van der Waals surface area contributed by atoms with Crippen LogP contribution in [-0.4, -0.2) is 65.2 Å². The van der Waals surface area contributed by atoms with E-state index in [9.17, 15) is 9.59 Å². The van der Waals surface area contributed by atoms with Gasteiger partial charge in [-0.15, -0.1) is 0 Å². The molecule has 0 radical (unpaired) electrons. The Morgan fingerprint density at radius 3 is 2.63 bits per heavy atom. The van der Waals surface area contributed by atoms with E-state index in [0.29, 0.717) is 6.42 Å². The molecule has 0 spiro atoms. The molecule has 146 valence electrons. The zero-order valence-corrected chi connectivity index (χ0v) is 17.3. The zero-order valence-electron chi connectivity index (χ0n) is 16.5. The summed E-state index contributed by atoms with van der Waals surface area (Å²) in [4.78, 5) is 30.7. The molecule has 2 heterocycles. The van der Waals surface area contributed by atoms with Crippen molar-refractivity contribution in [3.8, 4) is 0 Å². The number of carbonyl (C=O) groups is 2. The van der Waals surface area contributed by atoms with Gasteiger partial charge in [0.15, 0.2) is 5.78 Å². The number of thioether (sulfide) groups is 1. The normalized spacial score (nSPS) is 26.3. The summed E-state index contributed by atoms with van der Waals surface area (Å²) < 4.78 is 0. The van der Waals surface area contributed by atoms with Gasteiger partial charge in [-0.2, -0.15) is 11.8 Å². The number of fused-ring (bicyclic) bond motifs is 1. The van der Waals surface area contributed by atoms with Gasteiger partial charge in [-0.3, -0.25) is 9.59 Å². The van der Waals surface area contributed by atoms with Gasteiger partial charge in [-0.05, 0) is 62.5 Å². The molecular weight excluding hydrogens is 356 g/mol. The highest BCUT2D eigenvalue weighted by atomic mass is 32.2. The van der Waals surface area contributed by atoms with Crippen molar-refractivity contribution in [2.24, 2.45) is 0 Å². The Kier molecular flexibility index (Phi) is 5.60.